The Bertz CT molecular complexity index is 1150. The maximum Gasteiger partial charge on any atom is 0.303 e. The first-order valence-electron chi connectivity index (χ1n) is 10.1. The van der Waals surface area contributed by atoms with Crippen LogP contribution in [0.3, 0.4) is 0 Å². The summed E-state index contributed by atoms with van der Waals surface area (Å²) in [6.45, 7) is 0.632. The molecule has 7 heteroatoms. The summed E-state index contributed by atoms with van der Waals surface area (Å²) in [5, 5.41) is 21.4. The summed E-state index contributed by atoms with van der Waals surface area (Å²) in [4.78, 5) is 37.2. The van der Waals surface area contributed by atoms with Gasteiger partial charge in [-0.05, 0) is 47.1 Å². The number of aliphatic hydroxyl groups excluding tert-OH is 1. The molecule has 32 heavy (non-hydrogen) atoms. The van der Waals surface area contributed by atoms with E-state index in [2.05, 4.69) is 0 Å². The number of allylic oxidation sites excluding steroid dienone is 2. The molecule has 0 heterocycles. The van der Waals surface area contributed by atoms with E-state index in [-0.39, 0.29) is 17.1 Å². The number of rotatable bonds is 5. The maximum atomic E-state index is 13.4. The molecule has 164 valence electrons. The molecule has 2 unspecified atom stereocenters. The molecule has 6 nitrogen and oxygen atoms in total. The molecule has 2 aliphatic carbocycles. The number of carbonyl (C=O) groups excluding carboxylic acids is 3. The van der Waals surface area contributed by atoms with Crippen LogP contribution in [-0.4, -0.2) is 46.1 Å². The Balaban J connectivity index is 1.70. The lowest BCUT2D eigenvalue weighted by Crippen LogP contribution is -2.37. The summed E-state index contributed by atoms with van der Waals surface area (Å²) < 4.78 is 5.26. The van der Waals surface area contributed by atoms with E-state index in [0.717, 1.165) is 0 Å². The van der Waals surface area contributed by atoms with E-state index in [1.165, 1.54) is 19.1 Å². The molecule has 0 radical (unpaired) electrons. The topological polar surface area (TPSA) is 101 Å². The Hall–Kier alpha value is -3.06. The highest BCUT2D eigenvalue weighted by Crippen LogP contribution is 2.43. The van der Waals surface area contributed by atoms with Gasteiger partial charge in [0.25, 0.3) is 0 Å². The van der Waals surface area contributed by atoms with Crippen molar-refractivity contribution in [3.63, 3.8) is 0 Å². The van der Waals surface area contributed by atoms with Crippen LogP contribution in [0, 0.1) is 0 Å². The minimum atomic E-state index is -1.78. The zero-order chi connectivity index (χ0) is 23.0. The monoisotopic (exact) mass is 452 g/mol. The van der Waals surface area contributed by atoms with Crippen LogP contribution in [0.25, 0.3) is 5.57 Å². The number of hydrogen-bond acceptors (Lipinski definition) is 6. The van der Waals surface area contributed by atoms with Crippen molar-refractivity contribution in [3.05, 3.63) is 88.5 Å². The Morgan fingerprint density at radius 2 is 1.84 bits per heavy atom. The summed E-state index contributed by atoms with van der Waals surface area (Å²) in [6.07, 6.45) is 3.57. The highest BCUT2D eigenvalue weighted by molar-refractivity contribution is 6.30. The lowest BCUT2D eigenvalue weighted by Gasteiger charge is -2.26. The summed E-state index contributed by atoms with van der Waals surface area (Å²) in [6, 6.07) is 13.3. The quantitative estimate of drug-likeness (QED) is 0.676. The highest BCUT2D eigenvalue weighted by atomic mass is 35.5. The van der Waals surface area contributed by atoms with Gasteiger partial charge in [0, 0.05) is 17.5 Å². The SMILES string of the molecule is CC(=O)O[C@H]1C=CC(=O)C1c1cccc(C2=C[C@@](O)(CO)C(c3ccc(Cl)cc3)C2=O)c1. The maximum absolute atomic E-state index is 13.4. The Labute approximate surface area is 189 Å². The Morgan fingerprint density at radius 3 is 2.50 bits per heavy atom. The summed E-state index contributed by atoms with van der Waals surface area (Å²) in [7, 11) is 0. The van der Waals surface area contributed by atoms with E-state index < -0.39 is 36.1 Å². The van der Waals surface area contributed by atoms with Crippen molar-refractivity contribution in [2.45, 2.75) is 30.5 Å². The standard InChI is InChI=1S/C25H21ClO6/c1-14(28)32-21-10-9-20(29)22(21)17-4-2-3-16(11-17)19-12-25(31,13-27)23(24(19)30)15-5-7-18(26)8-6-15/h2-12,21-23,27,31H,13H2,1H3/t21-,22?,23?,25+/m0/s1. The second-order valence-electron chi connectivity index (χ2n) is 7.99. The molecule has 4 atom stereocenters. The molecule has 2 aliphatic rings. The van der Waals surface area contributed by atoms with Gasteiger partial charge in [-0.1, -0.05) is 48.0 Å². The van der Waals surface area contributed by atoms with Crippen molar-refractivity contribution in [1.29, 1.82) is 0 Å². The van der Waals surface area contributed by atoms with Crippen LogP contribution in [-0.2, 0) is 19.1 Å². The molecule has 0 aromatic heterocycles. The minimum absolute atomic E-state index is 0.203. The Kier molecular flexibility index (Phi) is 5.86. The van der Waals surface area contributed by atoms with Gasteiger partial charge in [-0.3, -0.25) is 14.4 Å². The molecular weight excluding hydrogens is 432 g/mol. The normalized spacial score (nSPS) is 27.0. The van der Waals surface area contributed by atoms with E-state index in [9.17, 15) is 24.6 Å². The predicted octanol–water partition coefficient (Wildman–Crippen LogP) is 2.97. The predicted molar refractivity (Wildman–Crippen MR) is 118 cm³/mol. The molecule has 4 rings (SSSR count). The van der Waals surface area contributed by atoms with Crippen LogP contribution in [0.2, 0.25) is 5.02 Å². The van der Waals surface area contributed by atoms with Crippen molar-refractivity contribution in [3.8, 4) is 0 Å². The average Bonchev–Trinajstić information content (AvgIpc) is 3.25. The molecule has 0 bridgehead atoms. The molecule has 0 saturated carbocycles. The first-order chi connectivity index (χ1) is 15.2. The van der Waals surface area contributed by atoms with Crippen molar-refractivity contribution in [2.75, 3.05) is 6.61 Å². The minimum Gasteiger partial charge on any atom is -0.457 e. The van der Waals surface area contributed by atoms with Gasteiger partial charge in [0.15, 0.2) is 11.6 Å². The number of benzene rings is 2. The number of ether oxygens (including phenoxy) is 1. The Morgan fingerprint density at radius 1 is 1.12 bits per heavy atom. The van der Waals surface area contributed by atoms with Gasteiger partial charge in [0.1, 0.15) is 11.7 Å². The smallest absolute Gasteiger partial charge is 0.303 e. The molecule has 0 spiro atoms. The van der Waals surface area contributed by atoms with E-state index in [1.807, 2.05) is 0 Å². The second kappa shape index (κ2) is 8.47. The first kappa shape index (κ1) is 22.1. The fraction of sp³-hybridized carbons (Fsp3) is 0.240. The van der Waals surface area contributed by atoms with Crippen LogP contribution in [0.15, 0.2) is 66.8 Å². The lowest BCUT2D eigenvalue weighted by molar-refractivity contribution is -0.145. The van der Waals surface area contributed by atoms with Crippen LogP contribution in [0.1, 0.15) is 35.4 Å². The number of aliphatic hydroxyl groups is 2. The number of halogens is 1. The molecule has 2 aromatic rings. The van der Waals surface area contributed by atoms with Crippen molar-refractivity contribution in [2.24, 2.45) is 0 Å². The van der Waals surface area contributed by atoms with Crippen LogP contribution in [0.5, 0.6) is 0 Å². The number of esters is 1. The van der Waals surface area contributed by atoms with E-state index in [4.69, 9.17) is 16.3 Å². The zero-order valence-corrected chi connectivity index (χ0v) is 18.0. The van der Waals surface area contributed by atoms with E-state index in [1.54, 1.807) is 54.6 Å². The van der Waals surface area contributed by atoms with Gasteiger partial charge in [-0.15, -0.1) is 0 Å². The molecule has 2 aromatic carbocycles. The van der Waals surface area contributed by atoms with Gasteiger partial charge in [0.2, 0.25) is 0 Å². The third-order valence-electron chi connectivity index (χ3n) is 5.82. The van der Waals surface area contributed by atoms with Gasteiger partial charge in [0.05, 0.1) is 18.4 Å². The van der Waals surface area contributed by atoms with Crippen molar-refractivity contribution < 1.29 is 29.3 Å². The van der Waals surface area contributed by atoms with Gasteiger partial charge in [-0.2, -0.15) is 0 Å². The highest BCUT2D eigenvalue weighted by Gasteiger charge is 2.47. The van der Waals surface area contributed by atoms with Crippen molar-refractivity contribution >= 4 is 34.7 Å². The van der Waals surface area contributed by atoms with Gasteiger partial charge < -0.3 is 14.9 Å². The summed E-state index contributed by atoms with van der Waals surface area (Å²) in [5.41, 5.74) is 0.0765. The second-order valence-corrected chi connectivity index (χ2v) is 8.43. The largest absolute Gasteiger partial charge is 0.457 e. The zero-order valence-electron chi connectivity index (χ0n) is 17.2. The van der Waals surface area contributed by atoms with E-state index in [0.29, 0.717) is 21.7 Å². The van der Waals surface area contributed by atoms with Crippen LogP contribution in [0.4, 0.5) is 0 Å². The molecule has 0 aliphatic heterocycles. The summed E-state index contributed by atoms with van der Waals surface area (Å²) >= 11 is 5.95. The first-order valence-corrected chi connectivity index (χ1v) is 10.5. The third kappa shape index (κ3) is 3.93. The summed E-state index contributed by atoms with van der Waals surface area (Å²) in [5.74, 6) is -2.76. The third-order valence-corrected chi connectivity index (χ3v) is 6.07. The van der Waals surface area contributed by atoms with Crippen molar-refractivity contribution in [1.82, 2.24) is 0 Å². The number of Topliss-reactive ketones (excluding diaryl/α,β-unsaturated/α-hetero) is 1. The van der Waals surface area contributed by atoms with Crippen LogP contribution < -0.4 is 0 Å². The molecular formula is C25H21ClO6. The molecule has 0 amide bonds. The number of carbonyl (C=O) groups is 3. The van der Waals surface area contributed by atoms with Crippen LogP contribution >= 0.6 is 11.6 Å². The van der Waals surface area contributed by atoms with Gasteiger partial charge in [-0.25, -0.2) is 0 Å². The van der Waals surface area contributed by atoms with E-state index >= 15 is 0 Å². The molecule has 0 fully saturated rings. The lowest BCUT2D eigenvalue weighted by atomic mass is 9.83. The number of ketones is 2. The fourth-order valence-corrected chi connectivity index (χ4v) is 4.49. The number of hydrogen-bond donors (Lipinski definition) is 2. The molecule has 2 N–H and O–H groups in total. The molecule has 0 saturated heterocycles. The van der Waals surface area contributed by atoms with Gasteiger partial charge >= 0.3 is 5.97 Å². The average molecular weight is 453 g/mol. The fourth-order valence-electron chi connectivity index (χ4n) is 4.36.